The zero-order valence-corrected chi connectivity index (χ0v) is 8.35. The largest absolute Gasteiger partial charge is 0.464 e. The zero-order valence-electron chi connectivity index (χ0n) is 8.35. The Balaban J connectivity index is 4.59. The van der Waals surface area contributed by atoms with E-state index in [1.165, 1.54) is 13.8 Å². The molecule has 0 spiro atoms. The van der Waals surface area contributed by atoms with Crippen molar-refractivity contribution in [2.45, 2.75) is 32.5 Å². The summed E-state index contributed by atoms with van der Waals surface area (Å²) in [5, 5.41) is 1.55. The maximum atomic E-state index is 12.3. The highest BCUT2D eigenvalue weighted by Crippen LogP contribution is 2.21. The summed E-state index contributed by atoms with van der Waals surface area (Å²) < 4.78 is 41.0. The van der Waals surface area contributed by atoms with Gasteiger partial charge >= 0.3 is 12.1 Å². The molecule has 0 aliphatic heterocycles. The van der Waals surface area contributed by atoms with Crippen molar-refractivity contribution in [3.63, 3.8) is 0 Å². The summed E-state index contributed by atoms with van der Waals surface area (Å²) in [5.74, 6) is -2.35. The molecule has 0 aliphatic rings. The van der Waals surface area contributed by atoms with E-state index in [1.807, 2.05) is 0 Å². The third-order valence-corrected chi connectivity index (χ3v) is 1.48. The van der Waals surface area contributed by atoms with Gasteiger partial charge in [0.15, 0.2) is 0 Å². The lowest BCUT2D eigenvalue weighted by molar-refractivity contribution is -0.185. The molecule has 0 heterocycles. The minimum absolute atomic E-state index is 0.133. The Labute approximate surface area is 84.8 Å². The van der Waals surface area contributed by atoms with Crippen LogP contribution in [0, 0.1) is 0 Å². The van der Waals surface area contributed by atoms with E-state index >= 15 is 0 Å². The first-order chi connectivity index (χ1) is 6.82. The molecule has 0 saturated carbocycles. The molecule has 15 heavy (non-hydrogen) atoms. The second-order valence-corrected chi connectivity index (χ2v) is 2.65. The molecule has 0 radical (unpaired) electrons. The molecule has 0 aromatic carbocycles. The van der Waals surface area contributed by atoms with Gasteiger partial charge in [0.05, 0.1) is 6.61 Å². The van der Waals surface area contributed by atoms with Crippen molar-refractivity contribution in [3.8, 4) is 0 Å². The molecule has 7 heteroatoms. The standard InChI is InChI=1S/C8H12F3NO3/c1-3-5(13)12-6(8(9,10)11)7(14)15-4-2/h6H,3-4H2,1-2H3,(H,12,13)/t6-/m1/s1. The molecule has 0 saturated heterocycles. The van der Waals surface area contributed by atoms with Crippen LogP contribution in [0.1, 0.15) is 20.3 Å². The number of rotatable bonds is 4. The number of hydrogen-bond acceptors (Lipinski definition) is 3. The van der Waals surface area contributed by atoms with Crippen LogP contribution in [0.4, 0.5) is 13.2 Å². The molecule has 0 bridgehead atoms. The number of ether oxygens (including phenoxy) is 1. The molecule has 88 valence electrons. The molecular weight excluding hydrogens is 215 g/mol. The van der Waals surface area contributed by atoms with Crippen LogP contribution in [0.25, 0.3) is 0 Å². The number of halogens is 3. The van der Waals surface area contributed by atoms with Gasteiger partial charge in [0.25, 0.3) is 0 Å². The lowest BCUT2D eigenvalue weighted by Crippen LogP contribution is -2.51. The molecule has 1 N–H and O–H groups in total. The van der Waals surface area contributed by atoms with E-state index < -0.39 is 24.1 Å². The Bertz CT molecular complexity index is 240. The Morgan fingerprint density at radius 2 is 1.87 bits per heavy atom. The normalized spacial score (nSPS) is 13.1. The Morgan fingerprint density at radius 3 is 2.20 bits per heavy atom. The second kappa shape index (κ2) is 5.57. The molecule has 0 fully saturated rings. The van der Waals surface area contributed by atoms with Crippen molar-refractivity contribution < 1.29 is 27.5 Å². The number of carbonyl (C=O) groups excluding carboxylic acids is 2. The average Bonchev–Trinajstić information content (AvgIpc) is 2.12. The van der Waals surface area contributed by atoms with Gasteiger partial charge in [-0.1, -0.05) is 6.92 Å². The third-order valence-electron chi connectivity index (χ3n) is 1.48. The van der Waals surface area contributed by atoms with E-state index in [-0.39, 0.29) is 13.0 Å². The van der Waals surface area contributed by atoms with Gasteiger partial charge in [-0.15, -0.1) is 0 Å². The van der Waals surface area contributed by atoms with Gasteiger partial charge in [0, 0.05) is 6.42 Å². The van der Waals surface area contributed by atoms with Crippen molar-refractivity contribution in [2.75, 3.05) is 6.61 Å². The SMILES string of the molecule is CCOC(=O)[C@@H](NC(=O)CC)C(F)(F)F. The van der Waals surface area contributed by atoms with E-state index in [0.29, 0.717) is 0 Å². The first-order valence-corrected chi connectivity index (χ1v) is 4.35. The number of hydrogen-bond donors (Lipinski definition) is 1. The van der Waals surface area contributed by atoms with E-state index in [0.717, 1.165) is 0 Å². The van der Waals surface area contributed by atoms with Crippen LogP contribution in [-0.2, 0) is 14.3 Å². The second-order valence-electron chi connectivity index (χ2n) is 2.65. The van der Waals surface area contributed by atoms with Crippen LogP contribution in [0.2, 0.25) is 0 Å². The molecule has 1 amide bonds. The van der Waals surface area contributed by atoms with Gasteiger partial charge < -0.3 is 10.1 Å². The van der Waals surface area contributed by atoms with Crippen LogP contribution in [0.15, 0.2) is 0 Å². The van der Waals surface area contributed by atoms with Crippen LogP contribution in [0.3, 0.4) is 0 Å². The van der Waals surface area contributed by atoms with Crippen molar-refractivity contribution in [3.05, 3.63) is 0 Å². The number of amides is 1. The minimum Gasteiger partial charge on any atom is -0.464 e. The van der Waals surface area contributed by atoms with E-state index in [2.05, 4.69) is 4.74 Å². The first kappa shape index (κ1) is 13.7. The molecule has 0 aromatic rings. The summed E-state index contributed by atoms with van der Waals surface area (Å²) in [6, 6.07) is -2.58. The Morgan fingerprint density at radius 1 is 1.33 bits per heavy atom. The first-order valence-electron chi connectivity index (χ1n) is 4.35. The summed E-state index contributed by atoms with van der Waals surface area (Å²) in [6.07, 6.45) is -4.97. The molecule has 0 unspecified atom stereocenters. The Hall–Kier alpha value is -1.27. The fourth-order valence-corrected chi connectivity index (χ4v) is 0.763. The van der Waals surface area contributed by atoms with E-state index in [4.69, 9.17) is 0 Å². The molecule has 0 aromatic heterocycles. The quantitative estimate of drug-likeness (QED) is 0.729. The third kappa shape index (κ3) is 4.66. The van der Waals surface area contributed by atoms with Crippen molar-refractivity contribution in [1.29, 1.82) is 0 Å². The highest BCUT2D eigenvalue weighted by molar-refractivity contribution is 5.84. The number of esters is 1. The monoisotopic (exact) mass is 227 g/mol. The predicted octanol–water partition coefficient (Wildman–Crippen LogP) is 1.01. The lowest BCUT2D eigenvalue weighted by Gasteiger charge is -2.19. The van der Waals surface area contributed by atoms with Gasteiger partial charge in [-0.3, -0.25) is 4.79 Å². The Kier molecular flexibility index (Phi) is 5.10. The van der Waals surface area contributed by atoms with Crippen LogP contribution in [-0.4, -0.2) is 30.7 Å². The number of carbonyl (C=O) groups is 2. The minimum atomic E-state index is -4.84. The summed E-state index contributed by atoms with van der Waals surface area (Å²) in [5.41, 5.74) is 0. The van der Waals surface area contributed by atoms with Crippen molar-refractivity contribution in [2.24, 2.45) is 0 Å². The van der Waals surface area contributed by atoms with Gasteiger partial charge in [-0.25, -0.2) is 4.79 Å². The van der Waals surface area contributed by atoms with Gasteiger partial charge in [-0.2, -0.15) is 13.2 Å². The van der Waals surface area contributed by atoms with Crippen LogP contribution in [0.5, 0.6) is 0 Å². The molecule has 4 nitrogen and oxygen atoms in total. The maximum absolute atomic E-state index is 12.3. The topological polar surface area (TPSA) is 55.4 Å². The molecule has 0 aliphatic carbocycles. The molecular formula is C8H12F3NO3. The molecule has 1 atom stereocenters. The average molecular weight is 227 g/mol. The predicted molar refractivity (Wildman–Crippen MR) is 44.9 cm³/mol. The summed E-state index contributed by atoms with van der Waals surface area (Å²) in [7, 11) is 0. The fourth-order valence-electron chi connectivity index (χ4n) is 0.763. The lowest BCUT2D eigenvalue weighted by atomic mass is 10.2. The van der Waals surface area contributed by atoms with Crippen molar-refractivity contribution >= 4 is 11.9 Å². The van der Waals surface area contributed by atoms with Gasteiger partial charge in [0.2, 0.25) is 11.9 Å². The van der Waals surface area contributed by atoms with Crippen LogP contribution >= 0.6 is 0 Å². The van der Waals surface area contributed by atoms with E-state index in [1.54, 1.807) is 5.32 Å². The highest BCUT2D eigenvalue weighted by atomic mass is 19.4. The van der Waals surface area contributed by atoms with Gasteiger partial charge in [-0.05, 0) is 6.92 Å². The number of alkyl halides is 3. The smallest absolute Gasteiger partial charge is 0.419 e. The molecule has 0 rings (SSSR count). The highest BCUT2D eigenvalue weighted by Gasteiger charge is 2.46. The summed E-state index contributed by atoms with van der Waals surface area (Å²) in [4.78, 5) is 21.6. The number of nitrogens with one attached hydrogen (secondary N) is 1. The zero-order chi connectivity index (χ0) is 12.1. The van der Waals surface area contributed by atoms with E-state index in [9.17, 15) is 22.8 Å². The summed E-state index contributed by atoms with van der Waals surface area (Å²) >= 11 is 0. The van der Waals surface area contributed by atoms with Gasteiger partial charge in [0.1, 0.15) is 0 Å². The fraction of sp³-hybridized carbons (Fsp3) is 0.750. The van der Waals surface area contributed by atoms with Crippen LogP contribution < -0.4 is 5.32 Å². The van der Waals surface area contributed by atoms with Crippen molar-refractivity contribution in [1.82, 2.24) is 5.32 Å². The summed E-state index contributed by atoms with van der Waals surface area (Å²) in [6.45, 7) is 2.59. The maximum Gasteiger partial charge on any atom is 0.419 e.